The second-order valence-corrected chi connectivity index (χ2v) is 8.95. The summed E-state index contributed by atoms with van der Waals surface area (Å²) in [5.74, 6) is 0.970. The average Bonchev–Trinajstić information content (AvgIpc) is 3.09. The lowest BCUT2D eigenvalue weighted by atomic mass is 9.76. The molecule has 0 aliphatic heterocycles. The van der Waals surface area contributed by atoms with Gasteiger partial charge in [0.2, 0.25) is 0 Å². The molecule has 0 amide bonds. The maximum absolute atomic E-state index is 4.24. The smallest absolute Gasteiger partial charge is 0.00336 e. The van der Waals surface area contributed by atoms with Crippen molar-refractivity contribution in [3.8, 4) is 0 Å². The van der Waals surface area contributed by atoms with E-state index in [-0.39, 0.29) is 0 Å². The van der Waals surface area contributed by atoms with E-state index in [4.69, 9.17) is 0 Å². The molecular weight excluding hydrogens is 348 g/mol. The molecule has 4 rings (SSSR count). The highest BCUT2D eigenvalue weighted by molar-refractivity contribution is 6.01. The zero-order chi connectivity index (χ0) is 20.4. The van der Waals surface area contributed by atoms with E-state index in [9.17, 15) is 0 Å². The summed E-state index contributed by atoms with van der Waals surface area (Å²) in [6, 6.07) is 18.1. The van der Waals surface area contributed by atoms with Gasteiger partial charge in [-0.05, 0) is 85.3 Å². The molecule has 0 heterocycles. The van der Waals surface area contributed by atoms with Gasteiger partial charge < -0.3 is 0 Å². The summed E-state index contributed by atoms with van der Waals surface area (Å²) in [4.78, 5) is 0. The van der Waals surface area contributed by atoms with Gasteiger partial charge in [-0.15, -0.1) is 13.2 Å². The molecule has 0 saturated heterocycles. The maximum atomic E-state index is 4.24. The Balaban J connectivity index is 1.85. The zero-order valence-electron chi connectivity index (χ0n) is 17.9. The maximum Gasteiger partial charge on any atom is 0.00336 e. The number of benzene rings is 2. The van der Waals surface area contributed by atoms with Gasteiger partial charge in [0.1, 0.15) is 0 Å². The molecule has 0 radical (unpaired) electrons. The van der Waals surface area contributed by atoms with Crippen LogP contribution in [0.4, 0.5) is 0 Å². The molecule has 0 bridgehead atoms. The highest BCUT2D eigenvalue weighted by Crippen LogP contribution is 2.47. The van der Waals surface area contributed by atoms with Crippen molar-refractivity contribution in [1.82, 2.24) is 0 Å². The third-order valence-corrected chi connectivity index (χ3v) is 6.33. The molecule has 148 valence electrons. The first-order chi connectivity index (χ1) is 14.0. The molecule has 0 heteroatoms. The number of fused-ring (bicyclic) bond motifs is 4. The molecule has 2 aliphatic carbocycles. The second kappa shape index (κ2) is 8.41. The second-order valence-electron chi connectivity index (χ2n) is 8.95. The Kier molecular flexibility index (Phi) is 5.72. The first kappa shape index (κ1) is 19.7. The molecule has 0 saturated carbocycles. The Morgan fingerprint density at radius 2 is 1.66 bits per heavy atom. The van der Waals surface area contributed by atoms with Crippen LogP contribution < -0.4 is 0 Å². The summed E-state index contributed by atoms with van der Waals surface area (Å²) in [5, 5.41) is 0. The zero-order valence-corrected chi connectivity index (χ0v) is 17.9. The molecule has 2 unspecified atom stereocenters. The van der Waals surface area contributed by atoms with E-state index in [1.807, 2.05) is 0 Å². The van der Waals surface area contributed by atoms with Crippen LogP contribution in [0.15, 0.2) is 85.0 Å². The number of allylic oxidation sites excluding steroid dienone is 6. The van der Waals surface area contributed by atoms with Gasteiger partial charge >= 0.3 is 0 Å². The fraction of sp³-hybridized carbons (Fsp3) is 0.310. The van der Waals surface area contributed by atoms with E-state index in [0.29, 0.717) is 11.8 Å². The summed E-state index contributed by atoms with van der Waals surface area (Å²) < 4.78 is 0. The normalized spacial score (nSPS) is 19.8. The minimum absolute atomic E-state index is 0.482. The van der Waals surface area contributed by atoms with Crippen molar-refractivity contribution in [2.24, 2.45) is 5.92 Å². The number of hydrogen-bond acceptors (Lipinski definition) is 0. The summed E-state index contributed by atoms with van der Waals surface area (Å²) in [6.45, 7) is 12.6. The van der Waals surface area contributed by atoms with Crippen molar-refractivity contribution in [1.29, 1.82) is 0 Å². The molecule has 2 aromatic carbocycles. The summed E-state index contributed by atoms with van der Waals surface area (Å²) in [5.41, 5.74) is 11.3. The first-order valence-corrected chi connectivity index (χ1v) is 10.9. The molecule has 0 aromatic heterocycles. The molecule has 2 aliphatic rings. The van der Waals surface area contributed by atoms with Gasteiger partial charge in [0.25, 0.3) is 0 Å². The van der Waals surface area contributed by atoms with Crippen molar-refractivity contribution in [3.63, 3.8) is 0 Å². The highest BCUT2D eigenvalue weighted by atomic mass is 14.3. The fourth-order valence-corrected chi connectivity index (χ4v) is 5.08. The van der Waals surface area contributed by atoms with Crippen molar-refractivity contribution < 1.29 is 0 Å². The molecule has 0 N–H and O–H groups in total. The van der Waals surface area contributed by atoms with Crippen LogP contribution in [0.1, 0.15) is 67.7 Å². The van der Waals surface area contributed by atoms with E-state index in [0.717, 1.165) is 19.3 Å². The third-order valence-electron chi connectivity index (χ3n) is 6.33. The van der Waals surface area contributed by atoms with Crippen LogP contribution in [0.5, 0.6) is 0 Å². The fourth-order valence-electron chi connectivity index (χ4n) is 5.08. The average molecular weight is 381 g/mol. The Morgan fingerprint density at radius 1 is 0.931 bits per heavy atom. The third kappa shape index (κ3) is 4.08. The Hall–Kier alpha value is -2.60. The lowest BCUT2D eigenvalue weighted by molar-refractivity contribution is 0.655. The van der Waals surface area contributed by atoms with Gasteiger partial charge in [0.15, 0.2) is 0 Å². The van der Waals surface area contributed by atoms with Crippen molar-refractivity contribution in [3.05, 3.63) is 107 Å². The van der Waals surface area contributed by atoms with Crippen LogP contribution in [0.25, 0.3) is 11.1 Å². The van der Waals surface area contributed by atoms with Crippen LogP contribution in [-0.4, -0.2) is 0 Å². The predicted molar refractivity (Wildman–Crippen MR) is 127 cm³/mol. The minimum atomic E-state index is 0.482. The summed E-state index contributed by atoms with van der Waals surface area (Å²) >= 11 is 0. The summed E-state index contributed by atoms with van der Waals surface area (Å²) in [6.07, 6.45) is 10.4. The van der Waals surface area contributed by atoms with Crippen LogP contribution >= 0.6 is 0 Å². The Labute approximate surface area is 176 Å². The standard InChI is InChI=1S/C29H32/c1-20(2)10-9-12-22-16-17-28-25-13-6-5-11-23(25)19-24(18-21(3)4)26-14-7-8-15-27(26)29(22)28/h5-8,11,13-17,22,24H,1,3,9-10,12,18-19H2,2,4H3. The minimum Gasteiger partial charge on any atom is -0.100 e. The monoisotopic (exact) mass is 380 g/mol. The predicted octanol–water partition coefficient (Wildman–Crippen LogP) is 8.14. The van der Waals surface area contributed by atoms with E-state index in [1.54, 1.807) is 0 Å². The lowest BCUT2D eigenvalue weighted by Gasteiger charge is -2.28. The van der Waals surface area contributed by atoms with Gasteiger partial charge in [-0.25, -0.2) is 0 Å². The summed E-state index contributed by atoms with van der Waals surface area (Å²) in [7, 11) is 0. The number of rotatable bonds is 6. The van der Waals surface area contributed by atoms with Gasteiger partial charge in [-0.2, -0.15) is 0 Å². The van der Waals surface area contributed by atoms with Crippen LogP contribution in [0.2, 0.25) is 0 Å². The SMILES string of the molecule is C=C(C)CCCC1C=CC2=C1c1ccccc1C(CC(=C)C)Cc1ccccc12. The molecule has 0 nitrogen and oxygen atoms in total. The van der Waals surface area contributed by atoms with Crippen LogP contribution in [0.3, 0.4) is 0 Å². The van der Waals surface area contributed by atoms with Crippen molar-refractivity contribution in [2.75, 3.05) is 0 Å². The molecule has 0 fully saturated rings. The highest BCUT2D eigenvalue weighted by Gasteiger charge is 2.30. The molecule has 29 heavy (non-hydrogen) atoms. The van der Waals surface area contributed by atoms with E-state index in [2.05, 4.69) is 87.7 Å². The van der Waals surface area contributed by atoms with Crippen molar-refractivity contribution in [2.45, 2.75) is 51.9 Å². The van der Waals surface area contributed by atoms with Crippen LogP contribution in [-0.2, 0) is 6.42 Å². The Morgan fingerprint density at radius 3 is 2.41 bits per heavy atom. The quantitative estimate of drug-likeness (QED) is 0.444. The molecule has 0 spiro atoms. The van der Waals surface area contributed by atoms with E-state index < -0.39 is 0 Å². The first-order valence-electron chi connectivity index (χ1n) is 10.9. The van der Waals surface area contributed by atoms with Gasteiger partial charge in [-0.1, -0.05) is 71.8 Å². The lowest BCUT2D eigenvalue weighted by Crippen LogP contribution is -2.13. The van der Waals surface area contributed by atoms with Crippen LogP contribution in [0, 0.1) is 5.92 Å². The van der Waals surface area contributed by atoms with Gasteiger partial charge in [-0.3, -0.25) is 0 Å². The Bertz CT molecular complexity index is 998. The topological polar surface area (TPSA) is 0 Å². The van der Waals surface area contributed by atoms with Gasteiger partial charge in [0, 0.05) is 5.92 Å². The molecular formula is C29H32. The molecule has 2 aromatic rings. The van der Waals surface area contributed by atoms with E-state index in [1.165, 1.54) is 57.4 Å². The largest absolute Gasteiger partial charge is 0.100 e. The van der Waals surface area contributed by atoms with Crippen molar-refractivity contribution >= 4 is 11.1 Å². The van der Waals surface area contributed by atoms with E-state index >= 15 is 0 Å². The molecule has 2 atom stereocenters. The number of hydrogen-bond donors (Lipinski definition) is 0. The van der Waals surface area contributed by atoms with Gasteiger partial charge in [0.05, 0.1) is 0 Å².